The second-order valence-corrected chi connectivity index (χ2v) is 6.21. The monoisotopic (exact) mass is 445 g/mol. The number of nitrogens with zero attached hydrogens (tertiary/aromatic N) is 1. The molecule has 0 amide bonds. The van der Waals surface area contributed by atoms with E-state index in [-0.39, 0.29) is 44.4 Å². The molecule has 1 N–H and O–H groups in total. The van der Waals surface area contributed by atoms with Crippen LogP contribution < -0.4 is 4.57 Å². The molecule has 27 heavy (non-hydrogen) atoms. The summed E-state index contributed by atoms with van der Waals surface area (Å²) in [7, 11) is 0. The third kappa shape index (κ3) is 7.12. The van der Waals surface area contributed by atoms with E-state index in [4.69, 9.17) is 0 Å². The molecular formula is C23H34NO2Y+. The average Bonchev–Trinajstić information content (AvgIpc) is 2.73. The van der Waals surface area contributed by atoms with Gasteiger partial charge in [-0.1, -0.05) is 52.8 Å². The van der Waals surface area contributed by atoms with Gasteiger partial charge in [-0.3, -0.25) is 4.79 Å². The van der Waals surface area contributed by atoms with E-state index < -0.39 is 0 Å². The third-order valence-electron chi connectivity index (χ3n) is 4.74. The molecule has 1 saturated carbocycles. The van der Waals surface area contributed by atoms with E-state index in [9.17, 15) is 9.90 Å². The van der Waals surface area contributed by atoms with Crippen molar-refractivity contribution in [3.8, 4) is 5.75 Å². The molecule has 1 fully saturated rings. The molecule has 3 rings (SSSR count). The molecule has 4 heteroatoms. The van der Waals surface area contributed by atoms with Crippen LogP contribution in [0.15, 0.2) is 49.2 Å². The Morgan fingerprint density at radius 2 is 1.85 bits per heavy atom. The Morgan fingerprint density at radius 3 is 2.52 bits per heavy atom. The molecule has 1 heterocycles. The Kier molecular flexibility index (Phi) is 13.5. The van der Waals surface area contributed by atoms with E-state index in [0.29, 0.717) is 11.7 Å². The van der Waals surface area contributed by atoms with Gasteiger partial charge < -0.3 is 5.11 Å². The van der Waals surface area contributed by atoms with E-state index in [0.717, 1.165) is 43.1 Å². The number of para-hydroxylation sites is 1. The van der Waals surface area contributed by atoms with Crippen LogP contribution in [0.25, 0.3) is 10.9 Å². The first-order chi connectivity index (χ1) is 12.7. The van der Waals surface area contributed by atoms with Gasteiger partial charge in [0.1, 0.15) is 5.75 Å². The Bertz CT molecular complexity index is 715. The van der Waals surface area contributed by atoms with Gasteiger partial charge in [-0.15, -0.1) is 0 Å². The zero-order valence-electron chi connectivity index (χ0n) is 17.3. The number of pyridine rings is 1. The van der Waals surface area contributed by atoms with Crippen LogP contribution in [0.4, 0.5) is 0 Å². The maximum absolute atomic E-state index is 11.9. The number of hydrogen-bond donors (Lipinski definition) is 1. The zero-order chi connectivity index (χ0) is 19.5. The smallest absolute Gasteiger partial charge is 0.216 e. The second-order valence-electron chi connectivity index (χ2n) is 6.21. The molecule has 1 aliphatic carbocycles. The molecule has 1 aliphatic rings. The second kappa shape index (κ2) is 14.0. The van der Waals surface area contributed by atoms with Crippen molar-refractivity contribution in [2.75, 3.05) is 0 Å². The van der Waals surface area contributed by atoms with E-state index in [1.165, 1.54) is 6.08 Å². The number of fused-ring (bicyclic) bond motifs is 1. The van der Waals surface area contributed by atoms with E-state index in [1.54, 1.807) is 6.07 Å². The number of ketones is 1. The van der Waals surface area contributed by atoms with Crippen molar-refractivity contribution in [1.29, 1.82) is 0 Å². The predicted molar refractivity (Wildman–Crippen MR) is 109 cm³/mol. The van der Waals surface area contributed by atoms with Crippen molar-refractivity contribution in [1.82, 2.24) is 0 Å². The number of benzene rings is 1. The fraction of sp³-hybridized carbons (Fsp3) is 0.478. The summed E-state index contributed by atoms with van der Waals surface area (Å²) in [5.41, 5.74) is 1.04. The quantitative estimate of drug-likeness (QED) is 0.503. The molecule has 145 valence electrons. The number of rotatable bonds is 4. The van der Waals surface area contributed by atoms with Gasteiger partial charge in [-0.25, -0.2) is 0 Å². The first-order valence-corrected chi connectivity index (χ1v) is 9.95. The number of carbonyl (C=O) groups is 1. The molecule has 2 atom stereocenters. The maximum atomic E-state index is 11.9. The summed E-state index contributed by atoms with van der Waals surface area (Å²) < 4.78 is 2.19. The summed E-state index contributed by atoms with van der Waals surface area (Å²) in [4.78, 5) is 11.9. The van der Waals surface area contributed by atoms with Crippen LogP contribution in [0.3, 0.4) is 0 Å². The van der Waals surface area contributed by atoms with Crippen LogP contribution >= 0.6 is 0 Å². The van der Waals surface area contributed by atoms with Crippen LogP contribution in [-0.2, 0) is 44.0 Å². The number of allylic oxidation sites excluding steroid dienone is 1. The number of hydrogen-bond acceptors (Lipinski definition) is 2. The summed E-state index contributed by atoms with van der Waals surface area (Å²) in [5, 5.41) is 10.9. The van der Waals surface area contributed by atoms with Crippen molar-refractivity contribution in [3.05, 3.63) is 49.2 Å². The van der Waals surface area contributed by atoms with Gasteiger partial charge in [-0.05, 0) is 31.4 Å². The number of carbonyl (C=O) groups excluding carboxylic acids is 1. The molecule has 2 unspecified atom stereocenters. The summed E-state index contributed by atoms with van der Waals surface area (Å²) in [6.45, 7) is 12.5. The van der Waals surface area contributed by atoms with Crippen molar-refractivity contribution in [2.45, 2.75) is 59.9 Å². The van der Waals surface area contributed by atoms with Crippen LogP contribution in [0.5, 0.6) is 5.75 Å². The molecular weight excluding hydrogens is 411 g/mol. The van der Waals surface area contributed by atoms with E-state index in [1.807, 2.05) is 58.2 Å². The van der Waals surface area contributed by atoms with Crippen molar-refractivity contribution < 1.29 is 47.2 Å². The first kappa shape index (κ1) is 25.9. The minimum absolute atomic E-state index is 0. The standard InChI is InChI=1S/C19H21NO2.2C2H6.Y/c1-2-18(21)15-7-5-6-14(12-15)13-20-11-10-19(22)16-8-3-4-9-17(16)20;2*1-2;/h2-4,8-11,14-15H,1,5-7,12-13H2;2*1-2H3;/p+1. The van der Waals surface area contributed by atoms with Gasteiger partial charge in [0, 0.05) is 56.7 Å². The van der Waals surface area contributed by atoms with Crippen LogP contribution in [0.1, 0.15) is 53.4 Å². The summed E-state index contributed by atoms with van der Waals surface area (Å²) in [6.07, 6.45) is 7.59. The predicted octanol–water partition coefficient (Wildman–Crippen LogP) is 5.44. The summed E-state index contributed by atoms with van der Waals surface area (Å²) in [6, 6.07) is 9.64. The molecule has 0 saturated heterocycles. The van der Waals surface area contributed by atoms with E-state index in [2.05, 4.69) is 11.1 Å². The molecule has 1 radical (unpaired) electrons. The Hall–Kier alpha value is -1.06. The van der Waals surface area contributed by atoms with Gasteiger partial charge in [0.05, 0.1) is 5.39 Å². The Balaban J connectivity index is 0.00000127. The molecule has 0 spiro atoms. The molecule has 0 aliphatic heterocycles. The normalized spacial score (nSPS) is 18.1. The number of aromatic nitrogens is 1. The van der Waals surface area contributed by atoms with Crippen molar-refractivity contribution in [3.63, 3.8) is 0 Å². The Labute approximate surface area is 189 Å². The first-order valence-electron chi connectivity index (χ1n) is 9.95. The third-order valence-corrected chi connectivity index (χ3v) is 4.74. The fourth-order valence-electron chi connectivity index (χ4n) is 3.59. The van der Waals surface area contributed by atoms with Crippen molar-refractivity contribution in [2.24, 2.45) is 11.8 Å². The van der Waals surface area contributed by atoms with Crippen molar-refractivity contribution >= 4 is 16.7 Å². The largest absolute Gasteiger partial charge is 0.507 e. The average molecular weight is 445 g/mol. The van der Waals surface area contributed by atoms with E-state index >= 15 is 0 Å². The fourth-order valence-corrected chi connectivity index (χ4v) is 3.59. The molecule has 0 bridgehead atoms. The van der Waals surface area contributed by atoms with Crippen LogP contribution in [-0.4, -0.2) is 10.9 Å². The molecule has 1 aromatic carbocycles. The van der Waals surface area contributed by atoms with Gasteiger partial charge in [0.2, 0.25) is 5.52 Å². The SMILES string of the molecule is C=CC(=O)C1CCCC(C[n+]2ccc(O)c3ccccc32)C1.CC.CC.[Y]. The van der Waals surface area contributed by atoms with Gasteiger partial charge in [0.25, 0.3) is 0 Å². The summed E-state index contributed by atoms with van der Waals surface area (Å²) >= 11 is 0. The molecule has 1 aromatic heterocycles. The van der Waals surface area contributed by atoms with Gasteiger partial charge in [0.15, 0.2) is 18.5 Å². The molecule has 3 nitrogen and oxygen atoms in total. The van der Waals surface area contributed by atoms with Crippen LogP contribution in [0.2, 0.25) is 0 Å². The van der Waals surface area contributed by atoms with Crippen LogP contribution in [0, 0.1) is 11.8 Å². The zero-order valence-corrected chi connectivity index (χ0v) is 20.2. The minimum Gasteiger partial charge on any atom is -0.507 e. The maximum Gasteiger partial charge on any atom is 0.216 e. The number of aromatic hydroxyl groups is 1. The Morgan fingerprint density at radius 1 is 1.19 bits per heavy atom. The van der Waals surface area contributed by atoms with Gasteiger partial charge >= 0.3 is 0 Å². The minimum atomic E-state index is 0. The summed E-state index contributed by atoms with van der Waals surface area (Å²) in [5.74, 6) is 1.14. The topological polar surface area (TPSA) is 41.2 Å². The van der Waals surface area contributed by atoms with Gasteiger partial charge in [-0.2, -0.15) is 4.57 Å². The molecule has 2 aromatic rings.